The molecular formula is C14H18N4S2. The summed E-state index contributed by atoms with van der Waals surface area (Å²) in [4.78, 5) is 13.3. The quantitative estimate of drug-likeness (QED) is 0.676. The molecule has 20 heavy (non-hydrogen) atoms. The number of aliphatic imine (C=N–C) groups is 1. The Hall–Kier alpha value is -1.40. The number of aromatic nitrogens is 3. The lowest BCUT2D eigenvalue weighted by atomic mass is 10.3. The summed E-state index contributed by atoms with van der Waals surface area (Å²) in [6.45, 7) is 6.23. The van der Waals surface area contributed by atoms with Gasteiger partial charge in [0, 0.05) is 30.2 Å². The van der Waals surface area contributed by atoms with Crippen LogP contribution in [0.1, 0.15) is 43.2 Å². The second-order valence-electron chi connectivity index (χ2n) is 4.72. The maximum atomic E-state index is 4.59. The minimum Gasteiger partial charge on any atom is -0.335 e. The Morgan fingerprint density at radius 3 is 3.00 bits per heavy atom. The van der Waals surface area contributed by atoms with Crippen LogP contribution in [0.3, 0.4) is 0 Å². The Morgan fingerprint density at radius 2 is 2.35 bits per heavy atom. The molecule has 0 atom stereocenters. The van der Waals surface area contributed by atoms with Crippen molar-refractivity contribution in [3.8, 4) is 0 Å². The lowest BCUT2D eigenvalue weighted by Gasteiger charge is -2.03. The Morgan fingerprint density at radius 1 is 1.55 bits per heavy atom. The molecule has 0 fully saturated rings. The molecule has 0 radical (unpaired) electrons. The van der Waals surface area contributed by atoms with E-state index in [1.165, 1.54) is 0 Å². The van der Waals surface area contributed by atoms with Gasteiger partial charge in [-0.2, -0.15) is 0 Å². The fourth-order valence-electron chi connectivity index (χ4n) is 1.68. The highest BCUT2D eigenvalue weighted by molar-refractivity contribution is 7.83. The van der Waals surface area contributed by atoms with Crippen molar-refractivity contribution in [3.05, 3.63) is 45.9 Å². The average molecular weight is 306 g/mol. The van der Waals surface area contributed by atoms with Gasteiger partial charge < -0.3 is 4.57 Å². The van der Waals surface area contributed by atoms with Gasteiger partial charge in [0.1, 0.15) is 0 Å². The third-order valence-electron chi connectivity index (χ3n) is 2.84. The standard InChI is InChI=1S/C14H18N4S2/c1-10(2)18-7-12(16-9-18)6-14-17-13(8-20-14)11(3)15-4-5-19/h4-5,7-10,19H,6H2,1-3H3/b5-4-,15-11?. The van der Waals surface area contributed by atoms with Gasteiger partial charge in [0.15, 0.2) is 0 Å². The van der Waals surface area contributed by atoms with Gasteiger partial charge in [0.25, 0.3) is 0 Å². The number of rotatable bonds is 5. The van der Waals surface area contributed by atoms with Crippen LogP contribution in [0.25, 0.3) is 0 Å². The monoisotopic (exact) mass is 306 g/mol. The molecule has 0 aliphatic heterocycles. The lowest BCUT2D eigenvalue weighted by Crippen LogP contribution is -1.97. The number of nitrogens with zero attached hydrogens (tertiary/aromatic N) is 4. The summed E-state index contributed by atoms with van der Waals surface area (Å²) in [5.41, 5.74) is 2.86. The third kappa shape index (κ3) is 3.80. The van der Waals surface area contributed by atoms with Crippen LogP contribution < -0.4 is 0 Å². The molecule has 2 heterocycles. The van der Waals surface area contributed by atoms with Crippen LogP contribution >= 0.6 is 24.0 Å². The first kappa shape index (κ1) is 15.0. The van der Waals surface area contributed by atoms with E-state index in [-0.39, 0.29) is 0 Å². The van der Waals surface area contributed by atoms with Gasteiger partial charge in [-0.05, 0) is 26.2 Å². The van der Waals surface area contributed by atoms with Gasteiger partial charge in [-0.1, -0.05) is 0 Å². The number of thiazole rings is 1. The fraction of sp³-hybridized carbons (Fsp3) is 0.357. The van der Waals surface area contributed by atoms with E-state index in [0.717, 1.165) is 28.5 Å². The van der Waals surface area contributed by atoms with Crippen molar-refractivity contribution in [2.24, 2.45) is 4.99 Å². The summed E-state index contributed by atoms with van der Waals surface area (Å²) < 4.78 is 2.11. The zero-order chi connectivity index (χ0) is 14.5. The minimum atomic E-state index is 0.436. The van der Waals surface area contributed by atoms with Gasteiger partial charge >= 0.3 is 0 Å². The number of hydrogen-bond donors (Lipinski definition) is 1. The van der Waals surface area contributed by atoms with Crippen molar-refractivity contribution in [1.29, 1.82) is 0 Å². The molecule has 0 aromatic carbocycles. The van der Waals surface area contributed by atoms with E-state index in [9.17, 15) is 0 Å². The highest BCUT2D eigenvalue weighted by Gasteiger charge is 2.08. The smallest absolute Gasteiger partial charge is 0.0993 e. The Labute approximate surface area is 128 Å². The summed E-state index contributed by atoms with van der Waals surface area (Å²) in [5.74, 6) is 0. The first-order chi connectivity index (χ1) is 9.60. The van der Waals surface area contributed by atoms with Crippen molar-refractivity contribution in [2.75, 3.05) is 0 Å². The molecule has 0 aliphatic carbocycles. The highest BCUT2D eigenvalue weighted by atomic mass is 32.1. The van der Waals surface area contributed by atoms with E-state index in [2.05, 4.69) is 52.2 Å². The van der Waals surface area contributed by atoms with Crippen LogP contribution in [0.4, 0.5) is 0 Å². The molecule has 0 saturated heterocycles. The van der Waals surface area contributed by atoms with Crippen LogP contribution in [0.5, 0.6) is 0 Å². The van der Waals surface area contributed by atoms with Crippen LogP contribution in [0, 0.1) is 0 Å². The van der Waals surface area contributed by atoms with Crippen molar-refractivity contribution in [3.63, 3.8) is 0 Å². The topological polar surface area (TPSA) is 43.1 Å². The predicted molar refractivity (Wildman–Crippen MR) is 87.9 cm³/mol. The van der Waals surface area contributed by atoms with Crippen LogP contribution in [-0.4, -0.2) is 20.2 Å². The summed E-state index contributed by atoms with van der Waals surface area (Å²) in [7, 11) is 0. The zero-order valence-corrected chi connectivity index (χ0v) is 13.5. The minimum absolute atomic E-state index is 0.436. The van der Waals surface area contributed by atoms with E-state index < -0.39 is 0 Å². The largest absolute Gasteiger partial charge is 0.335 e. The third-order valence-corrected chi connectivity index (χ3v) is 3.82. The fourth-order valence-corrected chi connectivity index (χ4v) is 2.60. The second kappa shape index (κ2) is 6.85. The first-order valence-electron chi connectivity index (χ1n) is 6.41. The van der Waals surface area contributed by atoms with Crippen molar-refractivity contribution in [1.82, 2.24) is 14.5 Å². The predicted octanol–water partition coefficient (Wildman–Crippen LogP) is 3.72. The average Bonchev–Trinajstić information content (AvgIpc) is 3.05. The molecule has 0 saturated carbocycles. The zero-order valence-electron chi connectivity index (χ0n) is 11.8. The Balaban J connectivity index is 2.09. The maximum Gasteiger partial charge on any atom is 0.0993 e. The number of hydrogen-bond acceptors (Lipinski definition) is 5. The SMILES string of the molecule is CC(=N/C=C\S)c1csc(Cc2cn(C(C)C)cn2)n1. The molecule has 0 bridgehead atoms. The molecule has 2 rings (SSSR count). The summed E-state index contributed by atoms with van der Waals surface area (Å²) in [6, 6.07) is 0.436. The van der Waals surface area contributed by atoms with Gasteiger partial charge in [-0.25, -0.2) is 9.97 Å². The van der Waals surface area contributed by atoms with E-state index >= 15 is 0 Å². The lowest BCUT2D eigenvalue weighted by molar-refractivity contribution is 0.599. The molecule has 4 nitrogen and oxygen atoms in total. The van der Waals surface area contributed by atoms with Gasteiger partial charge in [-0.15, -0.1) is 24.0 Å². The van der Waals surface area contributed by atoms with Gasteiger partial charge in [0.05, 0.1) is 28.4 Å². The molecular weight excluding hydrogens is 288 g/mol. The summed E-state index contributed by atoms with van der Waals surface area (Å²) in [6.07, 6.45) is 6.37. The Kier molecular flexibility index (Phi) is 5.14. The molecule has 0 unspecified atom stereocenters. The Bertz CT molecular complexity index is 623. The molecule has 2 aromatic heterocycles. The van der Waals surface area contributed by atoms with E-state index in [0.29, 0.717) is 6.04 Å². The van der Waals surface area contributed by atoms with Crippen molar-refractivity contribution in [2.45, 2.75) is 33.2 Å². The van der Waals surface area contributed by atoms with Crippen LogP contribution in [0.2, 0.25) is 0 Å². The maximum absolute atomic E-state index is 4.59. The molecule has 6 heteroatoms. The van der Waals surface area contributed by atoms with Crippen molar-refractivity contribution < 1.29 is 0 Å². The highest BCUT2D eigenvalue weighted by Crippen LogP contribution is 2.15. The summed E-state index contributed by atoms with van der Waals surface area (Å²) >= 11 is 5.62. The summed E-state index contributed by atoms with van der Waals surface area (Å²) in [5, 5.41) is 4.69. The van der Waals surface area contributed by atoms with Gasteiger partial charge in [0.2, 0.25) is 0 Å². The molecule has 0 spiro atoms. The van der Waals surface area contributed by atoms with Crippen LogP contribution in [-0.2, 0) is 6.42 Å². The molecule has 106 valence electrons. The van der Waals surface area contributed by atoms with E-state index in [4.69, 9.17) is 0 Å². The second-order valence-corrected chi connectivity index (χ2v) is 5.96. The molecule has 0 N–H and O–H groups in total. The van der Waals surface area contributed by atoms with E-state index in [1.807, 2.05) is 18.6 Å². The first-order valence-corrected chi connectivity index (χ1v) is 7.80. The molecule has 0 aliphatic rings. The number of imidazole rings is 1. The van der Waals surface area contributed by atoms with Crippen LogP contribution in [0.15, 0.2) is 34.5 Å². The molecule has 2 aromatic rings. The van der Waals surface area contributed by atoms with Crippen molar-refractivity contribution >= 4 is 29.7 Å². The van der Waals surface area contributed by atoms with Gasteiger partial charge in [-0.3, -0.25) is 4.99 Å². The normalized spacial score (nSPS) is 12.8. The van der Waals surface area contributed by atoms with E-state index in [1.54, 1.807) is 22.9 Å². The molecule has 0 amide bonds. The number of thiol groups is 1.